The number of aromatic nitrogens is 2. The number of amides is 1. The number of cyclic esters (lactones) is 1. The Kier molecular flexibility index (Phi) is 5.19. The van der Waals surface area contributed by atoms with E-state index in [4.69, 9.17) is 4.74 Å². The lowest BCUT2D eigenvalue weighted by Gasteiger charge is -2.21. The van der Waals surface area contributed by atoms with E-state index in [2.05, 4.69) is 39.6 Å². The van der Waals surface area contributed by atoms with Crippen molar-refractivity contribution in [3.63, 3.8) is 0 Å². The van der Waals surface area contributed by atoms with Crippen molar-refractivity contribution in [3.05, 3.63) is 84.1 Å². The third-order valence-corrected chi connectivity index (χ3v) is 4.81. The monoisotopic (exact) mass is 374 g/mol. The van der Waals surface area contributed by atoms with Gasteiger partial charge in [0, 0.05) is 6.20 Å². The van der Waals surface area contributed by atoms with Gasteiger partial charge in [-0.3, -0.25) is 4.90 Å². The minimum atomic E-state index is -0.373. The normalized spacial score (nSPS) is 17.2. The first-order chi connectivity index (χ1) is 13.7. The average molecular weight is 374 g/mol. The van der Waals surface area contributed by atoms with E-state index in [1.54, 1.807) is 17.2 Å². The number of rotatable bonds is 6. The number of ether oxygens (including phenoxy) is 1. The Balaban J connectivity index is 1.53. The highest BCUT2D eigenvalue weighted by atomic mass is 16.6. The van der Waals surface area contributed by atoms with Crippen LogP contribution in [0.4, 0.5) is 16.6 Å². The molecule has 1 amide bonds. The number of hydrogen-bond donors (Lipinski definition) is 1. The van der Waals surface area contributed by atoms with Crippen LogP contribution in [0.25, 0.3) is 0 Å². The lowest BCUT2D eigenvalue weighted by molar-refractivity contribution is 0.178. The molecule has 0 unspecified atom stereocenters. The fourth-order valence-electron chi connectivity index (χ4n) is 3.35. The molecule has 1 aromatic heterocycles. The summed E-state index contributed by atoms with van der Waals surface area (Å²) in [6, 6.07) is 21.8. The Morgan fingerprint density at radius 2 is 1.82 bits per heavy atom. The van der Waals surface area contributed by atoms with Crippen LogP contribution in [-0.2, 0) is 11.2 Å². The van der Waals surface area contributed by atoms with Gasteiger partial charge in [-0.2, -0.15) is 4.98 Å². The molecule has 3 aromatic rings. The van der Waals surface area contributed by atoms with Gasteiger partial charge in [0.25, 0.3) is 0 Å². The summed E-state index contributed by atoms with van der Waals surface area (Å²) < 4.78 is 5.30. The molecule has 2 aromatic carbocycles. The summed E-state index contributed by atoms with van der Waals surface area (Å²) in [5, 5.41) is 3.30. The highest BCUT2D eigenvalue weighted by Crippen LogP contribution is 2.25. The zero-order valence-corrected chi connectivity index (χ0v) is 15.7. The van der Waals surface area contributed by atoms with Gasteiger partial charge in [0.1, 0.15) is 12.4 Å². The van der Waals surface area contributed by atoms with Crippen molar-refractivity contribution >= 4 is 17.9 Å². The average Bonchev–Trinajstić information content (AvgIpc) is 3.09. The first-order valence-corrected chi connectivity index (χ1v) is 9.35. The van der Waals surface area contributed by atoms with Crippen LogP contribution in [0.5, 0.6) is 0 Å². The molecule has 1 N–H and O–H groups in total. The van der Waals surface area contributed by atoms with Gasteiger partial charge in [0.05, 0.1) is 12.1 Å². The molecule has 1 saturated heterocycles. The molecule has 1 aliphatic heterocycles. The van der Waals surface area contributed by atoms with E-state index in [9.17, 15) is 4.79 Å². The third-order valence-electron chi connectivity index (χ3n) is 4.81. The predicted molar refractivity (Wildman–Crippen MR) is 108 cm³/mol. The molecule has 1 aliphatic rings. The molecule has 6 heteroatoms. The van der Waals surface area contributed by atoms with Gasteiger partial charge in [-0.15, -0.1) is 0 Å². The van der Waals surface area contributed by atoms with E-state index in [0.29, 0.717) is 24.8 Å². The highest BCUT2D eigenvalue weighted by Gasteiger charge is 2.35. The summed E-state index contributed by atoms with van der Waals surface area (Å²) in [5.74, 6) is 1.02. The maximum Gasteiger partial charge on any atom is 0.415 e. The van der Waals surface area contributed by atoms with Gasteiger partial charge in [-0.05, 0) is 30.5 Å². The molecule has 0 radical (unpaired) electrons. The van der Waals surface area contributed by atoms with E-state index < -0.39 is 0 Å². The minimum Gasteiger partial charge on any atom is -0.447 e. The van der Waals surface area contributed by atoms with E-state index in [-0.39, 0.29) is 18.2 Å². The first kappa shape index (κ1) is 18.0. The lowest BCUT2D eigenvalue weighted by atomic mass is 10.1. The smallest absolute Gasteiger partial charge is 0.415 e. The molecule has 2 heterocycles. The second-order valence-electron chi connectivity index (χ2n) is 6.81. The van der Waals surface area contributed by atoms with Crippen LogP contribution in [0.3, 0.4) is 0 Å². The van der Waals surface area contributed by atoms with Crippen LogP contribution < -0.4 is 10.2 Å². The number of anilines is 2. The summed E-state index contributed by atoms with van der Waals surface area (Å²) in [5.41, 5.74) is 2.29. The van der Waals surface area contributed by atoms with Gasteiger partial charge in [0.15, 0.2) is 0 Å². The van der Waals surface area contributed by atoms with Crippen LogP contribution in [0.15, 0.2) is 72.9 Å². The minimum absolute atomic E-state index is 0.0436. The topological polar surface area (TPSA) is 67.4 Å². The van der Waals surface area contributed by atoms with Crippen molar-refractivity contribution in [1.82, 2.24) is 9.97 Å². The highest BCUT2D eigenvalue weighted by molar-refractivity contribution is 5.89. The number of carbonyl (C=O) groups excluding carboxylic acids is 1. The maximum atomic E-state index is 12.4. The van der Waals surface area contributed by atoms with Crippen molar-refractivity contribution in [2.75, 3.05) is 16.8 Å². The van der Waals surface area contributed by atoms with Crippen LogP contribution in [0.2, 0.25) is 0 Å². The second-order valence-corrected chi connectivity index (χ2v) is 6.81. The van der Waals surface area contributed by atoms with E-state index >= 15 is 0 Å². The van der Waals surface area contributed by atoms with E-state index in [1.165, 1.54) is 0 Å². The fourth-order valence-corrected chi connectivity index (χ4v) is 3.35. The summed E-state index contributed by atoms with van der Waals surface area (Å²) in [6.07, 6.45) is 1.99. The molecule has 0 spiro atoms. The SMILES string of the molecule is C[C@@H](Nc1nccc(N2C(=O)OC[C@@H]2Cc2ccccc2)n1)c1ccccc1. The van der Waals surface area contributed by atoms with Crippen molar-refractivity contribution in [3.8, 4) is 0 Å². The molecule has 142 valence electrons. The van der Waals surface area contributed by atoms with Gasteiger partial charge >= 0.3 is 6.09 Å². The van der Waals surface area contributed by atoms with Crippen LogP contribution in [-0.4, -0.2) is 28.7 Å². The molecule has 2 atom stereocenters. The summed E-state index contributed by atoms with van der Waals surface area (Å²) in [6.45, 7) is 2.40. The number of hydrogen-bond acceptors (Lipinski definition) is 5. The van der Waals surface area contributed by atoms with Crippen molar-refractivity contribution in [1.29, 1.82) is 0 Å². The molecular weight excluding hydrogens is 352 g/mol. The summed E-state index contributed by atoms with van der Waals surface area (Å²) in [4.78, 5) is 22.8. The maximum absolute atomic E-state index is 12.4. The van der Waals surface area contributed by atoms with Crippen LogP contribution in [0.1, 0.15) is 24.1 Å². The first-order valence-electron chi connectivity index (χ1n) is 9.35. The Morgan fingerprint density at radius 1 is 1.11 bits per heavy atom. The molecule has 1 fully saturated rings. The second kappa shape index (κ2) is 8.08. The molecule has 28 heavy (non-hydrogen) atoms. The molecule has 4 rings (SSSR count). The summed E-state index contributed by atoms with van der Waals surface area (Å²) in [7, 11) is 0. The number of benzene rings is 2. The van der Waals surface area contributed by atoms with Crippen molar-refractivity contribution < 1.29 is 9.53 Å². The molecule has 0 saturated carbocycles. The van der Waals surface area contributed by atoms with E-state index in [0.717, 1.165) is 11.1 Å². The zero-order chi connectivity index (χ0) is 19.3. The Labute approximate surface area is 164 Å². The van der Waals surface area contributed by atoms with Crippen molar-refractivity contribution in [2.45, 2.75) is 25.4 Å². The standard InChI is InChI=1S/C22H22N4O2/c1-16(18-10-6-3-7-11-18)24-21-23-13-12-20(25-21)26-19(15-28-22(26)27)14-17-8-4-2-5-9-17/h2-13,16,19H,14-15H2,1H3,(H,23,24,25)/t16-,19+/m1/s1. The number of nitrogens with one attached hydrogen (secondary N) is 1. The Morgan fingerprint density at radius 3 is 2.57 bits per heavy atom. The van der Waals surface area contributed by atoms with E-state index in [1.807, 2.05) is 43.3 Å². The largest absolute Gasteiger partial charge is 0.447 e. The quantitative estimate of drug-likeness (QED) is 0.700. The molecule has 0 bridgehead atoms. The van der Waals surface area contributed by atoms with Crippen LogP contribution in [0, 0.1) is 0 Å². The predicted octanol–water partition coefficient (Wildman–Crippen LogP) is 4.22. The van der Waals surface area contributed by atoms with Gasteiger partial charge in [-0.25, -0.2) is 9.78 Å². The Hall–Kier alpha value is -3.41. The molecule has 6 nitrogen and oxygen atoms in total. The molecular formula is C22H22N4O2. The number of nitrogens with zero attached hydrogens (tertiary/aromatic N) is 3. The number of carbonyl (C=O) groups is 1. The zero-order valence-electron chi connectivity index (χ0n) is 15.7. The van der Waals surface area contributed by atoms with Crippen LogP contribution >= 0.6 is 0 Å². The van der Waals surface area contributed by atoms with Gasteiger partial charge < -0.3 is 10.1 Å². The Bertz CT molecular complexity index is 934. The van der Waals surface area contributed by atoms with Crippen molar-refractivity contribution in [2.24, 2.45) is 0 Å². The van der Waals surface area contributed by atoms with Gasteiger partial charge in [-0.1, -0.05) is 60.7 Å². The third kappa shape index (κ3) is 3.96. The molecule has 0 aliphatic carbocycles. The summed E-state index contributed by atoms with van der Waals surface area (Å²) >= 11 is 0. The fraction of sp³-hybridized carbons (Fsp3) is 0.227. The van der Waals surface area contributed by atoms with Gasteiger partial charge in [0.2, 0.25) is 5.95 Å². The lowest BCUT2D eigenvalue weighted by Crippen LogP contribution is -2.35.